The van der Waals surface area contributed by atoms with Crippen LogP contribution in [0.3, 0.4) is 0 Å². The molecule has 0 unspecified atom stereocenters. The molecule has 1 heterocycles. The average molecular weight is 290 g/mol. The van der Waals surface area contributed by atoms with Gasteiger partial charge in [-0.25, -0.2) is 0 Å². The van der Waals surface area contributed by atoms with Gasteiger partial charge in [0, 0.05) is 12.0 Å². The summed E-state index contributed by atoms with van der Waals surface area (Å²) in [7, 11) is 0. The van der Waals surface area contributed by atoms with Gasteiger partial charge < -0.3 is 20.1 Å². The van der Waals surface area contributed by atoms with Crippen LogP contribution in [0.4, 0.5) is 0 Å². The first-order valence-electron chi connectivity index (χ1n) is 6.88. The molecular formula is C15H14O6. The van der Waals surface area contributed by atoms with Crippen molar-refractivity contribution in [3.05, 3.63) is 23.3 Å². The van der Waals surface area contributed by atoms with Gasteiger partial charge in [0.25, 0.3) is 0 Å². The Bertz CT molecular complexity index is 696. The third kappa shape index (κ3) is 1.15. The zero-order chi connectivity index (χ0) is 15.0. The van der Waals surface area contributed by atoms with Gasteiger partial charge in [0.15, 0.2) is 5.78 Å². The summed E-state index contributed by atoms with van der Waals surface area (Å²) in [5.74, 6) is -1.34. The van der Waals surface area contributed by atoms with Gasteiger partial charge in [0.2, 0.25) is 0 Å². The fourth-order valence-corrected chi connectivity index (χ4v) is 4.48. The van der Waals surface area contributed by atoms with Crippen LogP contribution in [0.1, 0.15) is 35.2 Å². The fraction of sp³-hybridized carbons (Fsp3) is 0.467. The van der Waals surface area contributed by atoms with Crippen molar-refractivity contribution in [2.75, 3.05) is 6.61 Å². The molecule has 0 spiro atoms. The van der Waals surface area contributed by atoms with Crippen LogP contribution in [0.5, 0.6) is 11.5 Å². The Morgan fingerprint density at radius 2 is 1.90 bits per heavy atom. The molecule has 3 aliphatic rings. The molecule has 6 heteroatoms. The first kappa shape index (κ1) is 12.6. The molecule has 1 saturated heterocycles. The largest absolute Gasteiger partial charge is 0.508 e. The van der Waals surface area contributed by atoms with Crippen LogP contribution in [0.2, 0.25) is 0 Å². The SMILES string of the molecule is O=C1C[C@]23CC[C@@H](O)[C@]2(COC3=O)c2c(O)ccc(O)c21. The van der Waals surface area contributed by atoms with E-state index in [-0.39, 0.29) is 35.7 Å². The molecular weight excluding hydrogens is 276 g/mol. The summed E-state index contributed by atoms with van der Waals surface area (Å²) < 4.78 is 5.17. The lowest BCUT2D eigenvalue weighted by atomic mass is 9.56. The van der Waals surface area contributed by atoms with Crippen molar-refractivity contribution in [3.63, 3.8) is 0 Å². The topological polar surface area (TPSA) is 104 Å². The first-order chi connectivity index (χ1) is 9.94. The molecule has 3 N–H and O–H groups in total. The first-order valence-corrected chi connectivity index (χ1v) is 6.88. The number of carbonyl (C=O) groups is 2. The molecule has 0 radical (unpaired) electrons. The number of phenols is 2. The quantitative estimate of drug-likeness (QED) is 0.478. The highest BCUT2D eigenvalue weighted by Gasteiger charge is 2.73. The van der Waals surface area contributed by atoms with Gasteiger partial charge in [0.05, 0.1) is 22.5 Å². The Labute approximate surface area is 120 Å². The van der Waals surface area contributed by atoms with Gasteiger partial charge >= 0.3 is 5.97 Å². The molecule has 6 nitrogen and oxygen atoms in total. The molecule has 4 rings (SSSR count). The number of phenolic OH excluding ortho intramolecular Hbond substituents is 2. The highest BCUT2D eigenvalue weighted by molar-refractivity contribution is 6.07. The summed E-state index contributed by atoms with van der Waals surface area (Å²) in [4.78, 5) is 24.7. The number of ketones is 1. The van der Waals surface area contributed by atoms with Gasteiger partial charge in [-0.1, -0.05) is 0 Å². The normalized spacial score (nSPS) is 36.9. The molecule has 1 aliphatic heterocycles. The van der Waals surface area contributed by atoms with Gasteiger partial charge in [-0.3, -0.25) is 9.59 Å². The molecule has 0 bridgehead atoms. The van der Waals surface area contributed by atoms with E-state index in [0.717, 1.165) is 0 Å². The Hall–Kier alpha value is -2.08. The van der Waals surface area contributed by atoms with E-state index < -0.39 is 28.7 Å². The monoisotopic (exact) mass is 290 g/mol. The maximum atomic E-state index is 12.4. The van der Waals surface area contributed by atoms with E-state index in [1.165, 1.54) is 12.1 Å². The van der Waals surface area contributed by atoms with E-state index in [1.54, 1.807) is 0 Å². The number of aliphatic hydroxyl groups is 1. The summed E-state index contributed by atoms with van der Waals surface area (Å²) in [6, 6.07) is 2.52. The number of ether oxygens (including phenoxy) is 1. The molecule has 3 atom stereocenters. The minimum Gasteiger partial charge on any atom is -0.508 e. The van der Waals surface area contributed by atoms with Crippen molar-refractivity contribution in [1.82, 2.24) is 0 Å². The zero-order valence-electron chi connectivity index (χ0n) is 11.1. The van der Waals surface area contributed by atoms with Gasteiger partial charge in [-0.2, -0.15) is 0 Å². The third-order valence-corrected chi connectivity index (χ3v) is 5.44. The van der Waals surface area contributed by atoms with Crippen LogP contribution < -0.4 is 0 Å². The van der Waals surface area contributed by atoms with Crippen LogP contribution in [-0.4, -0.2) is 39.8 Å². The minimum absolute atomic E-state index is 0.00451. The number of cyclic esters (lactones) is 1. The lowest BCUT2D eigenvalue weighted by Crippen LogP contribution is -2.53. The lowest BCUT2D eigenvalue weighted by Gasteiger charge is -2.42. The van der Waals surface area contributed by atoms with Crippen molar-refractivity contribution in [2.24, 2.45) is 5.41 Å². The number of fused-ring (bicyclic) bond motifs is 1. The average Bonchev–Trinajstić information content (AvgIpc) is 2.90. The summed E-state index contributed by atoms with van der Waals surface area (Å²) in [5, 5.41) is 30.8. The molecule has 2 aliphatic carbocycles. The summed E-state index contributed by atoms with van der Waals surface area (Å²) >= 11 is 0. The predicted molar refractivity (Wildman–Crippen MR) is 69.0 cm³/mol. The van der Waals surface area contributed by atoms with Crippen LogP contribution in [-0.2, 0) is 14.9 Å². The second kappa shape index (κ2) is 3.57. The molecule has 1 aromatic rings. The van der Waals surface area contributed by atoms with E-state index in [1.807, 2.05) is 0 Å². The van der Waals surface area contributed by atoms with Crippen LogP contribution in [0.15, 0.2) is 12.1 Å². The second-order valence-electron chi connectivity index (χ2n) is 6.14. The lowest BCUT2D eigenvalue weighted by molar-refractivity contribution is -0.146. The highest BCUT2D eigenvalue weighted by Crippen LogP contribution is 2.65. The van der Waals surface area contributed by atoms with E-state index in [4.69, 9.17) is 4.74 Å². The Kier molecular flexibility index (Phi) is 2.15. The minimum atomic E-state index is -1.14. The zero-order valence-corrected chi connectivity index (χ0v) is 11.1. The van der Waals surface area contributed by atoms with Crippen LogP contribution in [0, 0.1) is 5.41 Å². The molecule has 21 heavy (non-hydrogen) atoms. The van der Waals surface area contributed by atoms with Crippen molar-refractivity contribution in [1.29, 1.82) is 0 Å². The fourth-order valence-electron chi connectivity index (χ4n) is 4.48. The molecule has 110 valence electrons. The number of rotatable bonds is 0. The van der Waals surface area contributed by atoms with E-state index in [9.17, 15) is 24.9 Å². The Balaban J connectivity index is 2.13. The molecule has 0 aromatic heterocycles. The number of aromatic hydroxyl groups is 2. The molecule has 2 fully saturated rings. The number of benzene rings is 1. The van der Waals surface area contributed by atoms with Crippen LogP contribution in [0.25, 0.3) is 0 Å². The summed E-state index contributed by atoms with van der Waals surface area (Å²) in [5.41, 5.74) is -2.10. The molecule has 1 aromatic carbocycles. The number of hydrogen-bond acceptors (Lipinski definition) is 6. The highest BCUT2D eigenvalue weighted by atomic mass is 16.5. The predicted octanol–water partition coefficient (Wildman–Crippen LogP) is 0.620. The maximum Gasteiger partial charge on any atom is 0.313 e. The van der Waals surface area contributed by atoms with Crippen LogP contribution >= 0.6 is 0 Å². The number of esters is 1. The standard InChI is InChI=1S/C15H14O6/c16-7-1-2-8(17)12-11(7)9(18)5-14-4-3-10(19)15(12,14)6-21-13(14)20/h1-2,10,16-17,19H,3-6H2/t10-,14+,15-/m1/s1. The number of aliphatic hydroxyl groups excluding tert-OH is 1. The van der Waals surface area contributed by atoms with Crippen molar-refractivity contribution in [2.45, 2.75) is 30.8 Å². The molecule has 1 saturated carbocycles. The molecule has 0 amide bonds. The van der Waals surface area contributed by atoms with Crippen molar-refractivity contribution < 1.29 is 29.6 Å². The Morgan fingerprint density at radius 1 is 1.19 bits per heavy atom. The van der Waals surface area contributed by atoms with E-state index >= 15 is 0 Å². The number of hydrogen-bond donors (Lipinski definition) is 3. The second-order valence-corrected chi connectivity index (χ2v) is 6.14. The van der Waals surface area contributed by atoms with E-state index in [2.05, 4.69) is 0 Å². The van der Waals surface area contributed by atoms with Gasteiger partial charge in [-0.05, 0) is 25.0 Å². The smallest absolute Gasteiger partial charge is 0.313 e. The van der Waals surface area contributed by atoms with Crippen molar-refractivity contribution in [3.8, 4) is 11.5 Å². The van der Waals surface area contributed by atoms with Gasteiger partial charge in [0.1, 0.15) is 18.1 Å². The summed E-state index contributed by atoms with van der Waals surface area (Å²) in [6.07, 6.45) is -0.305. The summed E-state index contributed by atoms with van der Waals surface area (Å²) in [6.45, 7) is -0.0791. The third-order valence-electron chi connectivity index (χ3n) is 5.44. The van der Waals surface area contributed by atoms with Gasteiger partial charge in [-0.15, -0.1) is 0 Å². The maximum absolute atomic E-state index is 12.4. The number of carbonyl (C=O) groups excluding carboxylic acids is 2. The van der Waals surface area contributed by atoms with Crippen molar-refractivity contribution >= 4 is 11.8 Å². The van der Waals surface area contributed by atoms with E-state index in [0.29, 0.717) is 12.8 Å². The Morgan fingerprint density at radius 3 is 2.67 bits per heavy atom. The number of Topliss-reactive ketones (excluding diaryl/α,β-unsaturated/α-hetero) is 1.